The number of halogens is 2. The van der Waals surface area contributed by atoms with Gasteiger partial charge in [-0.05, 0) is 132 Å². The number of piperidine rings is 1. The maximum Gasteiger partial charge on any atom is 0.165 e. The number of ether oxygens (including phenoxy) is 1. The minimum Gasteiger partial charge on any atom is -0.482 e. The van der Waals surface area contributed by atoms with E-state index in [1.165, 1.54) is 50.2 Å². The number of hydrogen-bond acceptors (Lipinski definition) is 4. The zero-order valence-electron chi connectivity index (χ0n) is 32.8. The highest BCUT2D eigenvalue weighted by Crippen LogP contribution is 2.48. The third-order valence-corrected chi connectivity index (χ3v) is 12.3. The molecule has 2 unspecified atom stereocenters. The summed E-state index contributed by atoms with van der Waals surface area (Å²) in [6, 6.07) is 17.9. The summed E-state index contributed by atoms with van der Waals surface area (Å²) in [5.41, 5.74) is 5.27. The normalized spacial score (nSPS) is 18.7. The van der Waals surface area contributed by atoms with E-state index in [4.69, 9.17) is 16.3 Å². The Morgan fingerprint density at radius 1 is 0.923 bits per heavy atom. The number of nitrogens with one attached hydrogen (secondary N) is 1. The predicted molar refractivity (Wildman–Crippen MR) is 217 cm³/mol. The minimum atomic E-state index is -0.754. The summed E-state index contributed by atoms with van der Waals surface area (Å²) in [6.07, 6.45) is 15.6. The number of para-hydroxylation sites is 1. The van der Waals surface area contributed by atoms with Crippen LogP contribution < -0.4 is 10.1 Å². The molecule has 0 amide bonds. The lowest BCUT2D eigenvalue weighted by atomic mass is 9.70. The second kappa shape index (κ2) is 18.9. The standard InChI is InChI=1S/C39H48ClFN2O2.C7H16/c1-25-8-5-13-33(38(25)45-39(4,31-11-7-12-31)34-16-15-32(40)23-35(34)41)28-18-20-43(21-19-28)24-27(3)42-36-17-14-30(22-26(36)2)37(44)29-9-6-10-29;1-3-5-7-6-4-2/h5,8,13-17,22-23,27-29,31,42H,6-7,9-12,18-21,24H2,1-4H3;3-7H2,1-2H3. The van der Waals surface area contributed by atoms with Crippen LogP contribution in [-0.4, -0.2) is 36.4 Å². The third kappa shape index (κ3) is 9.99. The van der Waals surface area contributed by atoms with E-state index < -0.39 is 5.60 Å². The average molecular weight is 731 g/mol. The molecule has 3 aromatic carbocycles. The Morgan fingerprint density at radius 3 is 2.19 bits per heavy atom. The SMILES string of the molecule is CCCCCCC.Cc1cc(C(=O)C2CCC2)ccc1NC(C)CN1CCC(c2cccc(C)c2OC(C)(c2ccc(Cl)cc2F)C2CCC2)CC1. The second-order valence-electron chi connectivity index (χ2n) is 16.2. The van der Waals surface area contributed by atoms with Gasteiger partial charge in [0.25, 0.3) is 0 Å². The lowest BCUT2D eigenvalue weighted by molar-refractivity contribution is -0.0203. The quantitative estimate of drug-likeness (QED) is 0.125. The van der Waals surface area contributed by atoms with E-state index in [0.717, 1.165) is 92.7 Å². The molecule has 2 aliphatic carbocycles. The molecule has 2 atom stereocenters. The zero-order valence-corrected chi connectivity index (χ0v) is 33.6. The number of ketones is 1. The number of hydrogen-bond donors (Lipinski definition) is 1. The number of anilines is 1. The molecule has 6 rings (SSSR count). The molecule has 0 radical (unpaired) electrons. The molecule has 1 saturated heterocycles. The summed E-state index contributed by atoms with van der Waals surface area (Å²) in [4.78, 5) is 15.2. The molecule has 52 heavy (non-hydrogen) atoms. The van der Waals surface area contributed by atoms with Crippen molar-refractivity contribution in [1.82, 2.24) is 4.90 Å². The van der Waals surface area contributed by atoms with Crippen LogP contribution in [0.15, 0.2) is 54.6 Å². The van der Waals surface area contributed by atoms with Crippen LogP contribution in [-0.2, 0) is 5.60 Å². The average Bonchev–Trinajstić information content (AvgIpc) is 3.06. The Bertz CT molecular complexity index is 1610. The summed E-state index contributed by atoms with van der Waals surface area (Å²) in [5, 5.41) is 4.11. The number of likely N-dealkylation sites (tertiary alicyclic amines) is 1. The molecular formula is C46H64ClFN2O2. The first-order valence-electron chi connectivity index (χ1n) is 20.4. The van der Waals surface area contributed by atoms with Crippen LogP contribution in [0, 0.1) is 31.5 Å². The van der Waals surface area contributed by atoms with Gasteiger partial charge in [0, 0.05) is 46.3 Å². The van der Waals surface area contributed by atoms with Gasteiger partial charge in [0.05, 0.1) is 0 Å². The van der Waals surface area contributed by atoms with Gasteiger partial charge in [-0.3, -0.25) is 4.79 Å². The monoisotopic (exact) mass is 730 g/mol. The topological polar surface area (TPSA) is 41.6 Å². The van der Waals surface area contributed by atoms with Gasteiger partial charge in [-0.15, -0.1) is 0 Å². The fourth-order valence-electron chi connectivity index (χ4n) is 8.24. The van der Waals surface area contributed by atoms with E-state index in [2.05, 4.69) is 82.1 Å². The number of aryl methyl sites for hydroxylation is 2. The van der Waals surface area contributed by atoms with Gasteiger partial charge < -0.3 is 15.0 Å². The van der Waals surface area contributed by atoms with Gasteiger partial charge in [-0.2, -0.15) is 0 Å². The van der Waals surface area contributed by atoms with Crippen LogP contribution in [0.5, 0.6) is 5.75 Å². The number of benzene rings is 3. The first-order chi connectivity index (χ1) is 25.0. The molecule has 4 nitrogen and oxygen atoms in total. The van der Waals surface area contributed by atoms with Crippen molar-refractivity contribution in [3.63, 3.8) is 0 Å². The number of unbranched alkanes of at least 4 members (excludes halogenated alkanes) is 4. The van der Waals surface area contributed by atoms with Gasteiger partial charge in [0.1, 0.15) is 17.2 Å². The number of carbonyl (C=O) groups excluding carboxylic acids is 1. The van der Waals surface area contributed by atoms with Crippen molar-refractivity contribution >= 4 is 23.1 Å². The fourth-order valence-corrected chi connectivity index (χ4v) is 8.40. The first kappa shape index (κ1) is 40.3. The predicted octanol–water partition coefficient (Wildman–Crippen LogP) is 12.8. The molecule has 0 aromatic heterocycles. The van der Waals surface area contributed by atoms with Crippen molar-refractivity contribution in [2.24, 2.45) is 11.8 Å². The van der Waals surface area contributed by atoms with E-state index in [1.807, 2.05) is 12.1 Å². The van der Waals surface area contributed by atoms with E-state index in [9.17, 15) is 4.79 Å². The van der Waals surface area contributed by atoms with Crippen LogP contribution in [0.25, 0.3) is 0 Å². The Labute approximate surface area is 319 Å². The molecule has 2 saturated carbocycles. The summed E-state index contributed by atoms with van der Waals surface area (Å²) in [7, 11) is 0. The van der Waals surface area contributed by atoms with Crippen molar-refractivity contribution in [2.75, 3.05) is 25.0 Å². The molecule has 3 fully saturated rings. The van der Waals surface area contributed by atoms with Gasteiger partial charge >= 0.3 is 0 Å². The van der Waals surface area contributed by atoms with Crippen LogP contribution in [0.4, 0.5) is 10.1 Å². The molecule has 6 heteroatoms. The number of Topliss-reactive ketones (excluding diaryl/α,β-unsaturated/α-hetero) is 1. The lowest BCUT2D eigenvalue weighted by Gasteiger charge is -2.44. The van der Waals surface area contributed by atoms with Crippen LogP contribution in [0.3, 0.4) is 0 Å². The largest absolute Gasteiger partial charge is 0.482 e. The maximum absolute atomic E-state index is 15.3. The maximum atomic E-state index is 15.3. The van der Waals surface area contributed by atoms with E-state index in [-0.39, 0.29) is 23.7 Å². The smallest absolute Gasteiger partial charge is 0.165 e. The Balaban J connectivity index is 0.000000679. The molecule has 0 bridgehead atoms. The highest BCUT2D eigenvalue weighted by molar-refractivity contribution is 6.30. The third-order valence-electron chi connectivity index (χ3n) is 12.1. The Hall–Kier alpha value is -2.89. The van der Waals surface area contributed by atoms with Crippen LogP contribution in [0.2, 0.25) is 5.02 Å². The van der Waals surface area contributed by atoms with Gasteiger partial charge in [0.15, 0.2) is 5.78 Å². The Morgan fingerprint density at radius 2 is 1.62 bits per heavy atom. The molecule has 3 aromatic rings. The van der Waals surface area contributed by atoms with Crippen molar-refractivity contribution in [3.05, 3.63) is 93.3 Å². The van der Waals surface area contributed by atoms with E-state index >= 15 is 4.39 Å². The van der Waals surface area contributed by atoms with Crippen molar-refractivity contribution < 1.29 is 13.9 Å². The molecule has 284 valence electrons. The highest BCUT2D eigenvalue weighted by Gasteiger charge is 2.44. The number of rotatable bonds is 15. The highest BCUT2D eigenvalue weighted by atomic mass is 35.5. The summed E-state index contributed by atoms with van der Waals surface area (Å²) in [6.45, 7) is 16.0. The minimum absolute atomic E-state index is 0.228. The molecule has 1 N–H and O–H groups in total. The molecule has 1 aliphatic heterocycles. The summed E-state index contributed by atoms with van der Waals surface area (Å²) in [5.74, 6) is 1.81. The van der Waals surface area contributed by atoms with Gasteiger partial charge in [0.2, 0.25) is 0 Å². The molecule has 0 spiro atoms. The lowest BCUT2D eigenvalue weighted by Crippen LogP contribution is -2.43. The first-order valence-corrected chi connectivity index (χ1v) is 20.8. The Kier molecular flexibility index (Phi) is 14.7. The van der Waals surface area contributed by atoms with E-state index in [1.54, 1.807) is 6.07 Å². The second-order valence-corrected chi connectivity index (χ2v) is 16.6. The van der Waals surface area contributed by atoms with E-state index in [0.29, 0.717) is 22.3 Å². The van der Waals surface area contributed by atoms with Crippen molar-refractivity contribution in [2.45, 2.75) is 143 Å². The number of nitrogens with zero attached hydrogens (tertiary/aromatic N) is 1. The summed E-state index contributed by atoms with van der Waals surface area (Å²) >= 11 is 6.13. The van der Waals surface area contributed by atoms with Crippen molar-refractivity contribution in [1.29, 1.82) is 0 Å². The van der Waals surface area contributed by atoms with Crippen LogP contribution in [0.1, 0.15) is 150 Å². The fraction of sp³-hybridized carbons (Fsp3) is 0.587. The zero-order chi connectivity index (χ0) is 37.3. The molecule has 3 aliphatic rings. The van der Waals surface area contributed by atoms with Crippen LogP contribution >= 0.6 is 11.6 Å². The van der Waals surface area contributed by atoms with Gasteiger partial charge in [-0.1, -0.05) is 94.7 Å². The van der Waals surface area contributed by atoms with Crippen molar-refractivity contribution in [3.8, 4) is 5.75 Å². The molecule has 1 heterocycles. The van der Waals surface area contributed by atoms with Gasteiger partial charge in [-0.25, -0.2) is 4.39 Å². The summed E-state index contributed by atoms with van der Waals surface area (Å²) < 4.78 is 22.4. The molecular weight excluding hydrogens is 667 g/mol. The number of carbonyl (C=O) groups is 1.